The van der Waals surface area contributed by atoms with E-state index in [1.165, 1.54) is 41.0 Å². The van der Waals surface area contributed by atoms with Crippen molar-refractivity contribution in [3.05, 3.63) is 63.7 Å². The van der Waals surface area contributed by atoms with Crippen LogP contribution in [-0.4, -0.2) is 62.7 Å². The smallest absolute Gasteiger partial charge is 0.410 e. The number of benzene rings is 1. The van der Waals surface area contributed by atoms with E-state index in [2.05, 4.69) is 25.7 Å². The summed E-state index contributed by atoms with van der Waals surface area (Å²) in [4.78, 5) is 54.2. The summed E-state index contributed by atoms with van der Waals surface area (Å²) in [5.41, 5.74) is 4.88. The molecule has 0 saturated carbocycles. The van der Waals surface area contributed by atoms with Crippen molar-refractivity contribution in [2.45, 2.75) is 58.2 Å². The number of fused-ring (bicyclic) bond motifs is 1. The summed E-state index contributed by atoms with van der Waals surface area (Å²) in [5, 5.41) is 4.28. The number of likely N-dealkylation sites (tertiary alicyclic amines) is 1. The molecule has 0 unspecified atom stereocenters. The fourth-order valence-electron chi connectivity index (χ4n) is 4.37. The van der Waals surface area contributed by atoms with Gasteiger partial charge in [-0.1, -0.05) is 12.1 Å². The lowest BCUT2D eigenvalue weighted by Crippen LogP contribution is -2.42. The second-order valence-corrected chi connectivity index (χ2v) is 10.3. The van der Waals surface area contributed by atoms with Crippen LogP contribution in [0.4, 0.5) is 13.6 Å². The fourth-order valence-corrected chi connectivity index (χ4v) is 4.37. The number of nitrogens with zero attached hydrogens (tertiary/aromatic N) is 3. The first-order valence-corrected chi connectivity index (χ1v) is 12.6. The number of carbonyl (C=O) groups excluding carboxylic acids is 3. The monoisotopic (exact) mass is 560 g/mol. The van der Waals surface area contributed by atoms with E-state index in [-0.39, 0.29) is 35.4 Å². The Kier molecular flexibility index (Phi) is 8.35. The van der Waals surface area contributed by atoms with Crippen LogP contribution in [-0.2, 0) is 16.0 Å². The number of nitrogens with one attached hydrogen (secondary N) is 3. The number of amides is 3. The third-order valence-corrected chi connectivity index (χ3v) is 6.17. The van der Waals surface area contributed by atoms with Crippen molar-refractivity contribution >= 4 is 23.6 Å². The number of hydrogen-bond acceptors (Lipinski definition) is 7. The molecule has 1 aliphatic heterocycles. The van der Waals surface area contributed by atoms with Gasteiger partial charge >= 0.3 is 12.7 Å². The zero-order valence-corrected chi connectivity index (χ0v) is 22.2. The highest BCUT2D eigenvalue weighted by Crippen LogP contribution is 2.28. The van der Waals surface area contributed by atoms with Gasteiger partial charge in [0.25, 0.3) is 11.5 Å². The number of aromatic nitrogens is 3. The topological polar surface area (TPSA) is 147 Å². The second-order valence-electron chi connectivity index (χ2n) is 10.3. The number of H-pyrrole nitrogens is 1. The summed E-state index contributed by atoms with van der Waals surface area (Å²) in [6.45, 7) is 3.34. The number of hydrazine groups is 1. The predicted octanol–water partition coefficient (Wildman–Crippen LogP) is 2.74. The van der Waals surface area contributed by atoms with E-state index >= 15 is 0 Å². The average molecular weight is 561 g/mol. The van der Waals surface area contributed by atoms with Crippen molar-refractivity contribution in [3.8, 4) is 5.75 Å². The summed E-state index contributed by atoms with van der Waals surface area (Å²) in [6.07, 6.45) is 1.91. The highest BCUT2D eigenvalue weighted by molar-refractivity contribution is 6.00. The average Bonchev–Trinajstić information content (AvgIpc) is 3.30. The maximum atomic E-state index is 12.8. The van der Waals surface area contributed by atoms with Crippen LogP contribution >= 0.6 is 0 Å². The molecule has 0 bridgehead atoms. The molecule has 0 radical (unpaired) electrons. The fraction of sp³-hybridized carbons (Fsp3) is 0.423. The summed E-state index contributed by atoms with van der Waals surface area (Å²) in [7, 11) is 0. The Bertz CT molecular complexity index is 1440. The first-order chi connectivity index (χ1) is 18.9. The van der Waals surface area contributed by atoms with Gasteiger partial charge in [0.2, 0.25) is 5.91 Å². The Labute approximate surface area is 227 Å². The predicted molar refractivity (Wildman–Crippen MR) is 138 cm³/mol. The maximum absolute atomic E-state index is 12.8. The molecule has 1 aromatic carbocycles. The van der Waals surface area contributed by atoms with Crippen molar-refractivity contribution in [2.75, 3.05) is 13.1 Å². The summed E-state index contributed by atoms with van der Waals surface area (Å²) < 4.78 is 35.7. The lowest BCUT2D eigenvalue weighted by atomic mass is 9.93. The molecule has 1 fully saturated rings. The van der Waals surface area contributed by atoms with Crippen LogP contribution in [0.25, 0.3) is 5.65 Å². The van der Waals surface area contributed by atoms with Gasteiger partial charge < -0.3 is 19.4 Å². The zero-order valence-electron chi connectivity index (χ0n) is 22.2. The minimum atomic E-state index is -2.95. The number of alkyl halides is 2. The first-order valence-electron chi connectivity index (χ1n) is 12.6. The molecule has 3 heterocycles. The quantitative estimate of drug-likeness (QED) is 0.393. The number of ether oxygens (including phenoxy) is 2. The Morgan fingerprint density at radius 2 is 1.80 bits per heavy atom. The van der Waals surface area contributed by atoms with Crippen LogP contribution in [0, 0.1) is 0 Å². The number of halogens is 2. The molecule has 2 aromatic heterocycles. The Balaban J connectivity index is 1.38. The van der Waals surface area contributed by atoms with Gasteiger partial charge in [-0.3, -0.25) is 25.2 Å². The Morgan fingerprint density at radius 1 is 1.12 bits per heavy atom. The SMILES string of the molecule is CC(C)(C)OC(=O)N1CCC(c2cc(=O)[nH]c3c(C(=O)NNC(=O)Cc4ccc(OC(F)F)cc4)cnn23)CC1. The second kappa shape index (κ2) is 11.7. The standard InChI is InChI=1S/C26H30F2N6O6/c1-26(2,3)40-25(38)33-10-8-16(9-11-33)19-13-20(35)30-22-18(14-29-34(19)22)23(37)32-31-21(36)12-15-4-6-17(7-5-15)39-24(27)28/h4-7,13-14,16,24H,8-12H2,1-3H3,(H,30,35)(H,31,36)(H,32,37). The van der Waals surface area contributed by atoms with Crippen molar-refractivity contribution < 1.29 is 32.6 Å². The maximum Gasteiger partial charge on any atom is 0.410 e. The number of carbonyl (C=O) groups is 3. The van der Waals surface area contributed by atoms with Crippen LogP contribution in [0.2, 0.25) is 0 Å². The van der Waals surface area contributed by atoms with Crippen LogP contribution < -0.4 is 21.1 Å². The van der Waals surface area contributed by atoms with Crippen molar-refractivity contribution in [1.29, 1.82) is 0 Å². The molecule has 12 nitrogen and oxygen atoms in total. The lowest BCUT2D eigenvalue weighted by molar-refractivity contribution is -0.121. The third-order valence-electron chi connectivity index (χ3n) is 6.17. The van der Waals surface area contributed by atoms with E-state index in [1.807, 2.05) is 0 Å². The zero-order chi connectivity index (χ0) is 29.0. The molecule has 14 heteroatoms. The van der Waals surface area contributed by atoms with Crippen LogP contribution in [0.1, 0.15) is 61.1 Å². The normalized spacial score (nSPS) is 14.3. The molecule has 0 spiro atoms. The van der Waals surface area contributed by atoms with E-state index in [0.29, 0.717) is 37.2 Å². The molecule has 3 aromatic rings. The van der Waals surface area contributed by atoms with Crippen molar-refractivity contribution in [3.63, 3.8) is 0 Å². The Morgan fingerprint density at radius 3 is 2.42 bits per heavy atom. The van der Waals surface area contributed by atoms with Crippen LogP contribution in [0.3, 0.4) is 0 Å². The van der Waals surface area contributed by atoms with Gasteiger partial charge in [0.1, 0.15) is 22.6 Å². The van der Waals surface area contributed by atoms with Crippen molar-refractivity contribution in [2.24, 2.45) is 0 Å². The number of piperidine rings is 1. The van der Waals surface area contributed by atoms with Gasteiger partial charge in [-0.25, -0.2) is 9.31 Å². The van der Waals surface area contributed by atoms with Crippen LogP contribution in [0.15, 0.2) is 41.3 Å². The first kappa shape index (κ1) is 28.5. The summed E-state index contributed by atoms with van der Waals surface area (Å²) in [6, 6.07) is 6.95. The van der Waals surface area contributed by atoms with Gasteiger partial charge in [-0.2, -0.15) is 13.9 Å². The van der Waals surface area contributed by atoms with Gasteiger partial charge in [0.05, 0.1) is 18.3 Å². The van der Waals surface area contributed by atoms with Crippen molar-refractivity contribution in [1.82, 2.24) is 30.3 Å². The molecule has 1 aliphatic rings. The molecule has 40 heavy (non-hydrogen) atoms. The van der Waals surface area contributed by atoms with E-state index < -0.39 is 29.6 Å². The molecule has 3 N–H and O–H groups in total. The van der Waals surface area contributed by atoms with E-state index in [1.54, 1.807) is 25.7 Å². The molecule has 214 valence electrons. The number of rotatable bonds is 6. The highest BCUT2D eigenvalue weighted by atomic mass is 19.3. The molecule has 3 amide bonds. The van der Waals surface area contributed by atoms with Gasteiger partial charge in [0, 0.05) is 25.1 Å². The lowest BCUT2D eigenvalue weighted by Gasteiger charge is -2.33. The van der Waals surface area contributed by atoms with Gasteiger partial charge in [-0.05, 0) is 51.3 Å². The summed E-state index contributed by atoms with van der Waals surface area (Å²) in [5.74, 6) is -1.38. The van der Waals surface area contributed by atoms with E-state index in [9.17, 15) is 28.0 Å². The van der Waals surface area contributed by atoms with Gasteiger partial charge in [0.15, 0.2) is 0 Å². The summed E-state index contributed by atoms with van der Waals surface area (Å²) >= 11 is 0. The molecule has 1 saturated heterocycles. The minimum absolute atomic E-state index is 0.0393. The Hall–Kier alpha value is -4.49. The highest BCUT2D eigenvalue weighted by Gasteiger charge is 2.29. The molecular formula is C26H30F2N6O6. The number of aromatic amines is 1. The van der Waals surface area contributed by atoms with Crippen LogP contribution in [0.5, 0.6) is 5.75 Å². The molecule has 0 atom stereocenters. The third kappa shape index (κ3) is 7.12. The minimum Gasteiger partial charge on any atom is -0.444 e. The molecule has 0 aliphatic carbocycles. The van der Waals surface area contributed by atoms with E-state index in [0.717, 1.165) is 0 Å². The number of hydrogen-bond donors (Lipinski definition) is 3. The largest absolute Gasteiger partial charge is 0.444 e. The molecular weight excluding hydrogens is 530 g/mol. The van der Waals surface area contributed by atoms with Gasteiger partial charge in [-0.15, -0.1) is 0 Å². The molecule has 4 rings (SSSR count). The van der Waals surface area contributed by atoms with E-state index in [4.69, 9.17) is 4.74 Å².